The summed E-state index contributed by atoms with van der Waals surface area (Å²) >= 11 is 0. The average Bonchev–Trinajstić information content (AvgIpc) is 2.78. The van der Waals surface area contributed by atoms with Gasteiger partial charge in [-0.15, -0.1) is 0 Å². The van der Waals surface area contributed by atoms with Crippen LogP contribution in [0.25, 0.3) is 0 Å². The van der Waals surface area contributed by atoms with Crippen molar-refractivity contribution in [2.45, 2.75) is 31.9 Å². The van der Waals surface area contributed by atoms with Crippen LogP contribution in [0.3, 0.4) is 0 Å². The van der Waals surface area contributed by atoms with Gasteiger partial charge in [0.1, 0.15) is 6.04 Å². The molecule has 5 nitrogen and oxygen atoms in total. The van der Waals surface area contributed by atoms with Gasteiger partial charge in [-0.2, -0.15) is 0 Å². The van der Waals surface area contributed by atoms with Crippen molar-refractivity contribution in [1.82, 2.24) is 15.5 Å². The molecule has 0 saturated carbocycles. The number of carbonyl (C=O) groups is 1. The maximum Gasteiger partial charge on any atom is 0.242 e. The van der Waals surface area contributed by atoms with Crippen LogP contribution < -0.4 is 10.6 Å². The molecular formula is C14H25N3O2. The van der Waals surface area contributed by atoms with Crippen molar-refractivity contribution in [3.63, 3.8) is 0 Å². The molecule has 3 aliphatic rings. The van der Waals surface area contributed by atoms with E-state index in [2.05, 4.69) is 15.5 Å². The summed E-state index contributed by atoms with van der Waals surface area (Å²) in [5.41, 5.74) is 0. The topological polar surface area (TPSA) is 53.6 Å². The quantitative estimate of drug-likeness (QED) is 0.692. The average molecular weight is 267 g/mol. The first-order chi connectivity index (χ1) is 9.25. The molecule has 19 heavy (non-hydrogen) atoms. The van der Waals surface area contributed by atoms with Gasteiger partial charge in [-0.3, -0.25) is 4.79 Å². The van der Waals surface area contributed by atoms with Gasteiger partial charge in [0.2, 0.25) is 5.91 Å². The van der Waals surface area contributed by atoms with E-state index < -0.39 is 0 Å². The zero-order chi connectivity index (χ0) is 13.2. The number of likely N-dealkylation sites (tertiary alicyclic amines) is 1. The molecule has 3 heterocycles. The Hall–Kier alpha value is -0.650. The van der Waals surface area contributed by atoms with Gasteiger partial charge in [0, 0.05) is 19.6 Å². The summed E-state index contributed by atoms with van der Waals surface area (Å²) in [6.45, 7) is 7.57. The van der Waals surface area contributed by atoms with Gasteiger partial charge >= 0.3 is 0 Å². The third-order valence-corrected chi connectivity index (χ3v) is 4.91. The number of fused-ring (bicyclic) bond motifs is 1. The third kappa shape index (κ3) is 2.78. The Labute approximate surface area is 115 Å². The van der Waals surface area contributed by atoms with E-state index in [1.54, 1.807) is 0 Å². The van der Waals surface area contributed by atoms with E-state index in [9.17, 15) is 4.79 Å². The fourth-order valence-corrected chi connectivity index (χ4v) is 3.64. The first-order valence-electron chi connectivity index (χ1n) is 7.60. The van der Waals surface area contributed by atoms with Gasteiger partial charge in [-0.25, -0.2) is 0 Å². The highest BCUT2D eigenvalue weighted by molar-refractivity contribution is 5.82. The van der Waals surface area contributed by atoms with Crippen molar-refractivity contribution in [3.05, 3.63) is 0 Å². The number of hydrogen-bond acceptors (Lipinski definition) is 4. The van der Waals surface area contributed by atoms with E-state index in [1.165, 1.54) is 0 Å². The fraction of sp³-hybridized carbons (Fsp3) is 0.929. The highest BCUT2D eigenvalue weighted by atomic mass is 16.5. The van der Waals surface area contributed by atoms with Crippen molar-refractivity contribution in [2.24, 2.45) is 11.8 Å². The molecule has 3 aliphatic heterocycles. The Morgan fingerprint density at radius 3 is 2.53 bits per heavy atom. The number of rotatable bonds is 1. The van der Waals surface area contributed by atoms with Gasteiger partial charge < -0.3 is 20.3 Å². The molecule has 5 heteroatoms. The Morgan fingerprint density at radius 1 is 1.21 bits per heavy atom. The van der Waals surface area contributed by atoms with Gasteiger partial charge in [-0.05, 0) is 44.7 Å². The molecule has 4 atom stereocenters. The molecule has 0 aromatic rings. The minimum Gasteiger partial charge on any atom is -0.375 e. The molecule has 3 saturated heterocycles. The number of nitrogens with one attached hydrogen (secondary N) is 2. The molecule has 0 aromatic carbocycles. The predicted molar refractivity (Wildman–Crippen MR) is 72.9 cm³/mol. The minimum absolute atomic E-state index is 0.00864. The van der Waals surface area contributed by atoms with Crippen LogP contribution >= 0.6 is 0 Å². The highest BCUT2D eigenvalue weighted by Gasteiger charge is 2.35. The second-order valence-corrected chi connectivity index (χ2v) is 6.09. The Bertz CT molecular complexity index is 323. The van der Waals surface area contributed by atoms with Crippen LogP contribution in [0, 0.1) is 11.8 Å². The van der Waals surface area contributed by atoms with Crippen molar-refractivity contribution in [2.75, 3.05) is 39.3 Å². The van der Waals surface area contributed by atoms with Crippen LogP contribution in [0.15, 0.2) is 0 Å². The van der Waals surface area contributed by atoms with Crippen molar-refractivity contribution in [1.29, 1.82) is 0 Å². The number of ether oxygens (including phenoxy) is 1. The van der Waals surface area contributed by atoms with E-state index in [0.29, 0.717) is 6.61 Å². The summed E-state index contributed by atoms with van der Waals surface area (Å²) in [6.07, 6.45) is 2.28. The fourth-order valence-electron chi connectivity index (χ4n) is 3.64. The summed E-state index contributed by atoms with van der Waals surface area (Å²) in [5.74, 6) is 1.77. The SMILES string of the molecule is C[C@H]1OCCN[C@@H]1C(=O)N1CC[C@@H]2CNC[C@@H]2CC1. The number of carbonyl (C=O) groups excluding carboxylic acids is 1. The van der Waals surface area contributed by atoms with Gasteiger partial charge in [0.05, 0.1) is 12.7 Å². The molecule has 2 N–H and O–H groups in total. The van der Waals surface area contributed by atoms with Crippen LogP contribution in [0.5, 0.6) is 0 Å². The zero-order valence-corrected chi connectivity index (χ0v) is 11.7. The van der Waals surface area contributed by atoms with Crippen LogP contribution in [-0.2, 0) is 9.53 Å². The van der Waals surface area contributed by atoms with Crippen LogP contribution in [0.2, 0.25) is 0 Å². The van der Waals surface area contributed by atoms with E-state index in [4.69, 9.17) is 4.74 Å². The molecule has 1 amide bonds. The first-order valence-corrected chi connectivity index (χ1v) is 7.60. The lowest BCUT2D eigenvalue weighted by molar-refractivity contribution is -0.139. The molecule has 108 valence electrons. The lowest BCUT2D eigenvalue weighted by atomic mass is 9.92. The summed E-state index contributed by atoms with van der Waals surface area (Å²) in [7, 11) is 0. The van der Waals surface area contributed by atoms with Crippen LogP contribution in [0.4, 0.5) is 0 Å². The highest BCUT2D eigenvalue weighted by Crippen LogP contribution is 2.27. The Morgan fingerprint density at radius 2 is 1.89 bits per heavy atom. The van der Waals surface area contributed by atoms with Gasteiger partial charge in [0.15, 0.2) is 0 Å². The van der Waals surface area contributed by atoms with E-state index in [0.717, 1.165) is 57.4 Å². The lowest BCUT2D eigenvalue weighted by Crippen LogP contribution is -2.56. The molecule has 0 bridgehead atoms. The summed E-state index contributed by atoms with van der Waals surface area (Å²) in [5, 5.41) is 6.78. The standard InChI is InChI=1S/C14H25N3O2/c1-10-13(16-4-7-19-10)14(18)17-5-2-11-8-15-9-12(11)3-6-17/h10-13,15-16H,2-9H2,1H3/t10-,11-,12+,13+/m1/s1. The summed E-state index contributed by atoms with van der Waals surface area (Å²) in [4.78, 5) is 14.7. The second kappa shape index (κ2) is 5.77. The van der Waals surface area contributed by atoms with E-state index in [1.807, 2.05) is 6.92 Å². The Balaban J connectivity index is 1.60. The van der Waals surface area contributed by atoms with E-state index >= 15 is 0 Å². The largest absolute Gasteiger partial charge is 0.375 e. The van der Waals surface area contributed by atoms with Gasteiger partial charge in [-0.1, -0.05) is 0 Å². The number of amides is 1. The predicted octanol–water partition coefficient (Wildman–Crippen LogP) is -0.179. The molecule has 3 rings (SSSR count). The molecule has 3 fully saturated rings. The smallest absolute Gasteiger partial charge is 0.242 e. The lowest BCUT2D eigenvalue weighted by Gasteiger charge is -2.33. The van der Waals surface area contributed by atoms with Gasteiger partial charge in [0.25, 0.3) is 0 Å². The van der Waals surface area contributed by atoms with Crippen LogP contribution in [-0.4, -0.2) is 62.3 Å². The molecule has 0 radical (unpaired) electrons. The number of nitrogens with zero attached hydrogens (tertiary/aromatic N) is 1. The van der Waals surface area contributed by atoms with Crippen LogP contribution in [0.1, 0.15) is 19.8 Å². The van der Waals surface area contributed by atoms with E-state index in [-0.39, 0.29) is 18.1 Å². The number of hydrogen-bond donors (Lipinski definition) is 2. The molecule has 0 unspecified atom stereocenters. The van der Waals surface area contributed by atoms with Crippen molar-refractivity contribution >= 4 is 5.91 Å². The Kier molecular flexibility index (Phi) is 4.05. The molecule has 0 aromatic heterocycles. The normalized spacial score (nSPS) is 39.7. The molecular weight excluding hydrogens is 242 g/mol. The zero-order valence-electron chi connectivity index (χ0n) is 11.7. The summed E-state index contributed by atoms with van der Waals surface area (Å²) < 4.78 is 5.59. The van der Waals surface area contributed by atoms with Crippen molar-refractivity contribution < 1.29 is 9.53 Å². The monoisotopic (exact) mass is 267 g/mol. The number of morpholine rings is 1. The first kappa shape index (κ1) is 13.3. The second-order valence-electron chi connectivity index (χ2n) is 6.09. The minimum atomic E-state index is -0.148. The molecule has 0 aliphatic carbocycles. The van der Waals surface area contributed by atoms with Crippen molar-refractivity contribution in [3.8, 4) is 0 Å². The maximum atomic E-state index is 12.6. The molecule has 0 spiro atoms. The maximum absolute atomic E-state index is 12.6. The third-order valence-electron chi connectivity index (χ3n) is 4.91. The summed E-state index contributed by atoms with van der Waals surface area (Å²) in [6, 6.07) is -0.148.